The lowest BCUT2D eigenvalue weighted by atomic mass is 10.1. The summed E-state index contributed by atoms with van der Waals surface area (Å²) in [4.78, 5) is 27.5. The van der Waals surface area contributed by atoms with E-state index >= 15 is 0 Å². The van der Waals surface area contributed by atoms with Crippen molar-refractivity contribution in [3.05, 3.63) is 17.1 Å². The number of piperidine rings is 1. The summed E-state index contributed by atoms with van der Waals surface area (Å²) in [5.74, 6) is -2.13. The molecule has 2 aliphatic heterocycles. The van der Waals surface area contributed by atoms with Gasteiger partial charge in [0.15, 0.2) is 0 Å². The fourth-order valence-electron chi connectivity index (χ4n) is 3.55. The Labute approximate surface area is 153 Å². The smallest absolute Gasteiger partial charge is 0.291 e. The normalized spacial score (nSPS) is 23.0. The van der Waals surface area contributed by atoms with Gasteiger partial charge in [0.25, 0.3) is 11.8 Å². The summed E-state index contributed by atoms with van der Waals surface area (Å²) in [7, 11) is 4.13. The number of nitrogens with zero attached hydrogens (tertiary/aromatic N) is 5. The summed E-state index contributed by atoms with van der Waals surface area (Å²) < 4.78 is 26.7. The topological polar surface area (TPSA) is 52.6 Å². The van der Waals surface area contributed by atoms with Crippen LogP contribution < -0.4 is 4.90 Å². The monoisotopic (exact) mass is 367 g/mol. The van der Waals surface area contributed by atoms with Crippen LogP contribution in [0, 0.1) is 13.8 Å². The number of likely N-dealkylation sites (tertiary alicyclic amines) is 1. The number of hydrogen-bond donors (Lipinski definition) is 0. The zero-order chi connectivity index (χ0) is 19.1. The van der Waals surface area contributed by atoms with Crippen LogP contribution in [0.15, 0.2) is 0 Å². The predicted octanol–water partition coefficient (Wildman–Crippen LogP) is 2.11. The van der Waals surface area contributed by atoms with E-state index in [2.05, 4.69) is 33.9 Å². The van der Waals surface area contributed by atoms with Gasteiger partial charge < -0.3 is 14.7 Å². The molecule has 26 heavy (non-hydrogen) atoms. The van der Waals surface area contributed by atoms with Crippen LogP contribution >= 0.6 is 0 Å². The van der Waals surface area contributed by atoms with E-state index in [-0.39, 0.29) is 37.7 Å². The van der Waals surface area contributed by atoms with Gasteiger partial charge in [-0.15, -0.1) is 0 Å². The Kier molecular flexibility index (Phi) is 5.14. The van der Waals surface area contributed by atoms with Gasteiger partial charge in [-0.2, -0.15) is 0 Å². The van der Waals surface area contributed by atoms with Crippen molar-refractivity contribution in [2.75, 3.05) is 45.2 Å². The number of carbonyl (C=O) groups excluding carboxylic acids is 1. The maximum Gasteiger partial charge on any atom is 0.291 e. The number of aromatic nitrogens is 2. The molecule has 0 radical (unpaired) electrons. The molecule has 0 aromatic carbocycles. The number of likely N-dealkylation sites (N-methyl/N-ethyl adjacent to an activating group) is 1. The molecule has 0 bridgehead atoms. The quantitative estimate of drug-likeness (QED) is 0.819. The molecule has 0 spiro atoms. The number of alkyl halides is 2. The number of rotatable bonds is 3. The van der Waals surface area contributed by atoms with E-state index in [1.54, 1.807) is 0 Å². The van der Waals surface area contributed by atoms with E-state index in [4.69, 9.17) is 0 Å². The van der Waals surface area contributed by atoms with E-state index in [1.165, 1.54) is 4.90 Å². The highest BCUT2D eigenvalue weighted by Crippen LogP contribution is 2.29. The predicted molar refractivity (Wildman–Crippen MR) is 95.9 cm³/mol. The molecular weight excluding hydrogens is 340 g/mol. The highest BCUT2D eigenvalue weighted by atomic mass is 19.3. The van der Waals surface area contributed by atoms with Crippen LogP contribution in [0.25, 0.3) is 0 Å². The second kappa shape index (κ2) is 7.06. The van der Waals surface area contributed by atoms with Crippen LogP contribution in [0.2, 0.25) is 0 Å². The minimum atomic E-state index is -2.68. The van der Waals surface area contributed by atoms with Crippen LogP contribution in [0.1, 0.15) is 41.1 Å². The summed E-state index contributed by atoms with van der Waals surface area (Å²) in [6, 6.07) is 0.452. The maximum absolute atomic E-state index is 13.4. The molecule has 8 heteroatoms. The first-order valence-electron chi connectivity index (χ1n) is 9.11. The van der Waals surface area contributed by atoms with Gasteiger partial charge in [-0.1, -0.05) is 0 Å². The molecule has 1 aromatic rings. The van der Waals surface area contributed by atoms with Crippen LogP contribution in [0.5, 0.6) is 0 Å². The second-order valence-electron chi connectivity index (χ2n) is 7.58. The first-order valence-corrected chi connectivity index (χ1v) is 9.11. The Morgan fingerprint density at radius 3 is 2.38 bits per heavy atom. The van der Waals surface area contributed by atoms with Gasteiger partial charge in [-0.05, 0) is 34.4 Å². The molecule has 0 saturated carbocycles. The lowest BCUT2D eigenvalue weighted by molar-refractivity contribution is -0.0496. The molecule has 1 aromatic heterocycles. The lowest BCUT2D eigenvalue weighted by Gasteiger charge is -2.31. The molecule has 2 aliphatic rings. The Bertz CT molecular complexity index is 684. The Morgan fingerprint density at radius 1 is 1.15 bits per heavy atom. The second-order valence-corrected chi connectivity index (χ2v) is 7.58. The Morgan fingerprint density at radius 2 is 1.81 bits per heavy atom. The third-order valence-corrected chi connectivity index (χ3v) is 5.53. The average molecular weight is 367 g/mol. The van der Waals surface area contributed by atoms with Gasteiger partial charge in [0, 0.05) is 56.3 Å². The molecule has 3 heterocycles. The van der Waals surface area contributed by atoms with Crippen molar-refractivity contribution in [3.63, 3.8) is 0 Å². The minimum absolute atomic E-state index is 0.0455. The van der Waals surface area contributed by atoms with Gasteiger partial charge in [0.1, 0.15) is 5.82 Å². The first-order chi connectivity index (χ1) is 12.2. The third kappa shape index (κ3) is 3.79. The van der Waals surface area contributed by atoms with Crippen LogP contribution in [-0.4, -0.2) is 77.9 Å². The Balaban J connectivity index is 1.81. The fraction of sp³-hybridized carbons (Fsp3) is 0.722. The molecule has 0 unspecified atom stereocenters. The highest BCUT2D eigenvalue weighted by Gasteiger charge is 2.37. The summed E-state index contributed by atoms with van der Waals surface area (Å²) >= 11 is 0. The minimum Gasteiger partial charge on any atom is -0.355 e. The molecule has 6 nitrogen and oxygen atoms in total. The SMILES string of the molecule is Cc1nc(C(=O)N2CCC(F)(F)CC2)nc(N2CC[C@@H](N(C)C)C2)c1C. The van der Waals surface area contributed by atoms with E-state index in [9.17, 15) is 13.6 Å². The standard InChI is InChI=1S/C18H27F2N5O/c1-12-13(2)21-15(17(26)24-9-6-18(19,20)7-10-24)22-16(12)25-8-5-14(11-25)23(3)4/h14H,5-11H2,1-4H3/t14-/m1/s1. The third-order valence-electron chi connectivity index (χ3n) is 5.53. The molecule has 144 valence electrons. The molecule has 2 saturated heterocycles. The lowest BCUT2D eigenvalue weighted by Crippen LogP contribution is -2.43. The van der Waals surface area contributed by atoms with E-state index in [0.29, 0.717) is 6.04 Å². The molecular formula is C18H27F2N5O. The number of anilines is 1. The van der Waals surface area contributed by atoms with Gasteiger partial charge in [0.2, 0.25) is 5.82 Å². The fourth-order valence-corrected chi connectivity index (χ4v) is 3.55. The number of aryl methyl sites for hydroxylation is 1. The number of halogens is 2. The molecule has 0 N–H and O–H groups in total. The van der Waals surface area contributed by atoms with Crippen molar-refractivity contribution in [1.82, 2.24) is 19.8 Å². The van der Waals surface area contributed by atoms with E-state index < -0.39 is 5.92 Å². The van der Waals surface area contributed by atoms with Crippen molar-refractivity contribution in [2.24, 2.45) is 0 Å². The van der Waals surface area contributed by atoms with E-state index in [1.807, 2.05) is 13.8 Å². The molecule has 0 aliphatic carbocycles. The van der Waals surface area contributed by atoms with Crippen LogP contribution in [0.3, 0.4) is 0 Å². The number of carbonyl (C=O) groups is 1. The van der Waals surface area contributed by atoms with Crippen LogP contribution in [-0.2, 0) is 0 Å². The van der Waals surface area contributed by atoms with Gasteiger partial charge in [-0.3, -0.25) is 4.79 Å². The summed E-state index contributed by atoms with van der Waals surface area (Å²) in [6.45, 7) is 5.65. The average Bonchev–Trinajstić information content (AvgIpc) is 3.06. The van der Waals surface area contributed by atoms with Crippen molar-refractivity contribution in [1.29, 1.82) is 0 Å². The first kappa shape index (κ1) is 18.9. The number of hydrogen-bond acceptors (Lipinski definition) is 5. The van der Waals surface area contributed by atoms with Crippen molar-refractivity contribution < 1.29 is 13.6 Å². The van der Waals surface area contributed by atoms with Gasteiger partial charge in [0.05, 0.1) is 0 Å². The summed E-state index contributed by atoms with van der Waals surface area (Å²) in [6.07, 6.45) is 0.445. The molecule has 1 amide bonds. The Hall–Kier alpha value is -1.83. The molecule has 2 fully saturated rings. The zero-order valence-corrected chi connectivity index (χ0v) is 15.9. The van der Waals surface area contributed by atoms with Crippen LogP contribution in [0.4, 0.5) is 14.6 Å². The van der Waals surface area contributed by atoms with Crippen molar-refractivity contribution in [3.8, 4) is 0 Å². The molecule has 1 atom stereocenters. The zero-order valence-electron chi connectivity index (χ0n) is 15.9. The van der Waals surface area contributed by atoms with Gasteiger partial charge in [-0.25, -0.2) is 18.7 Å². The maximum atomic E-state index is 13.4. The van der Waals surface area contributed by atoms with E-state index in [0.717, 1.165) is 36.6 Å². The number of amides is 1. The summed E-state index contributed by atoms with van der Waals surface area (Å²) in [5, 5.41) is 0. The molecule has 3 rings (SSSR count). The van der Waals surface area contributed by atoms with Gasteiger partial charge >= 0.3 is 0 Å². The highest BCUT2D eigenvalue weighted by molar-refractivity contribution is 5.91. The van der Waals surface area contributed by atoms with Crippen molar-refractivity contribution >= 4 is 11.7 Å². The largest absolute Gasteiger partial charge is 0.355 e. The summed E-state index contributed by atoms with van der Waals surface area (Å²) in [5.41, 5.74) is 1.72. The van der Waals surface area contributed by atoms with Crippen molar-refractivity contribution in [2.45, 2.75) is 45.1 Å².